The van der Waals surface area contributed by atoms with Crippen LogP contribution in [0.3, 0.4) is 0 Å². The van der Waals surface area contributed by atoms with E-state index in [0.29, 0.717) is 19.4 Å². The first-order chi connectivity index (χ1) is 15.5. The number of carbonyl (C=O) groups is 3. The van der Waals surface area contributed by atoms with Crippen molar-refractivity contribution in [3.8, 4) is 11.1 Å². The molecule has 2 amide bonds. The monoisotopic (exact) mass is 436 g/mol. The van der Waals surface area contributed by atoms with Crippen molar-refractivity contribution in [2.75, 3.05) is 26.2 Å². The van der Waals surface area contributed by atoms with Gasteiger partial charge in [0.05, 0.1) is 11.8 Å². The fraction of sp³-hybridized carbons (Fsp3) is 0.400. The number of nitrogens with one attached hydrogen (secondary N) is 1. The van der Waals surface area contributed by atoms with E-state index in [9.17, 15) is 19.5 Å². The van der Waals surface area contributed by atoms with Crippen LogP contribution in [-0.2, 0) is 14.3 Å². The Balaban J connectivity index is 1.29. The van der Waals surface area contributed by atoms with Gasteiger partial charge in [0.25, 0.3) is 0 Å². The van der Waals surface area contributed by atoms with Crippen LogP contribution in [0, 0.1) is 11.8 Å². The zero-order valence-corrected chi connectivity index (χ0v) is 18.1. The van der Waals surface area contributed by atoms with E-state index in [1.807, 2.05) is 24.3 Å². The summed E-state index contributed by atoms with van der Waals surface area (Å²) in [4.78, 5) is 37.8. The summed E-state index contributed by atoms with van der Waals surface area (Å²) in [6.07, 6.45) is 0.703. The highest BCUT2D eigenvalue weighted by Crippen LogP contribution is 2.44. The summed E-state index contributed by atoms with van der Waals surface area (Å²) in [6.45, 7) is 2.87. The van der Waals surface area contributed by atoms with E-state index in [1.54, 1.807) is 11.8 Å². The zero-order valence-electron chi connectivity index (χ0n) is 18.1. The maximum absolute atomic E-state index is 12.7. The molecule has 1 unspecified atom stereocenters. The molecule has 1 heterocycles. The van der Waals surface area contributed by atoms with Crippen LogP contribution in [0.5, 0.6) is 0 Å². The molecule has 7 heteroatoms. The summed E-state index contributed by atoms with van der Waals surface area (Å²) in [5, 5.41) is 11.9. The molecule has 2 aliphatic rings. The van der Waals surface area contributed by atoms with Gasteiger partial charge in [-0.25, -0.2) is 4.79 Å². The first kappa shape index (κ1) is 21.9. The van der Waals surface area contributed by atoms with Crippen LogP contribution >= 0.6 is 0 Å². The summed E-state index contributed by atoms with van der Waals surface area (Å²) in [5.74, 6) is -2.01. The van der Waals surface area contributed by atoms with Crippen LogP contribution in [-0.4, -0.2) is 54.2 Å². The van der Waals surface area contributed by atoms with Gasteiger partial charge >= 0.3 is 12.1 Å². The number of carboxylic acid groups (broad SMARTS) is 1. The zero-order chi connectivity index (χ0) is 22.7. The summed E-state index contributed by atoms with van der Waals surface area (Å²) in [5.41, 5.74) is 4.61. The Morgan fingerprint density at radius 3 is 2.34 bits per heavy atom. The van der Waals surface area contributed by atoms with Crippen molar-refractivity contribution >= 4 is 18.0 Å². The van der Waals surface area contributed by atoms with Crippen molar-refractivity contribution in [2.45, 2.75) is 25.7 Å². The van der Waals surface area contributed by atoms with E-state index in [2.05, 4.69) is 29.6 Å². The van der Waals surface area contributed by atoms with E-state index in [0.717, 1.165) is 22.3 Å². The molecule has 0 saturated carbocycles. The summed E-state index contributed by atoms with van der Waals surface area (Å²) >= 11 is 0. The smallest absolute Gasteiger partial charge is 0.407 e. The fourth-order valence-electron chi connectivity index (χ4n) is 4.66. The van der Waals surface area contributed by atoms with E-state index in [4.69, 9.17) is 4.74 Å². The topological polar surface area (TPSA) is 95.9 Å². The highest BCUT2D eigenvalue weighted by atomic mass is 16.5. The standard InChI is InChI=1S/C25H28N2O5/c1-16(23(28)27-12-6-7-17(14-27)24(29)30)13-26-25(31)32-15-22-20-10-4-2-8-18(20)19-9-3-5-11-21(19)22/h2-5,8-11,16-17,22H,6-7,12-15H2,1H3,(H,26,31)(H,29,30)/t16?,17-/m0/s1. The number of likely N-dealkylation sites (tertiary alicyclic amines) is 1. The molecule has 1 aliphatic heterocycles. The maximum Gasteiger partial charge on any atom is 0.407 e. The molecule has 1 fully saturated rings. The van der Waals surface area contributed by atoms with Gasteiger partial charge < -0.3 is 20.1 Å². The number of rotatable bonds is 6. The average Bonchev–Trinajstić information content (AvgIpc) is 3.14. The third-order valence-corrected chi connectivity index (χ3v) is 6.40. The van der Waals surface area contributed by atoms with Crippen molar-refractivity contribution < 1.29 is 24.2 Å². The molecule has 1 saturated heterocycles. The van der Waals surface area contributed by atoms with Crippen LogP contribution in [0.2, 0.25) is 0 Å². The van der Waals surface area contributed by atoms with E-state index < -0.39 is 23.9 Å². The van der Waals surface area contributed by atoms with Crippen LogP contribution in [0.25, 0.3) is 11.1 Å². The largest absolute Gasteiger partial charge is 0.481 e. The van der Waals surface area contributed by atoms with Crippen LogP contribution < -0.4 is 5.32 Å². The summed E-state index contributed by atoms with van der Waals surface area (Å²) in [6, 6.07) is 16.3. The van der Waals surface area contributed by atoms with E-state index in [1.165, 1.54) is 0 Å². The Morgan fingerprint density at radius 1 is 1.09 bits per heavy atom. The number of alkyl carbamates (subject to hydrolysis) is 1. The van der Waals surface area contributed by atoms with Gasteiger partial charge in [-0.15, -0.1) is 0 Å². The molecule has 2 N–H and O–H groups in total. The first-order valence-electron chi connectivity index (χ1n) is 11.1. The molecule has 0 spiro atoms. The lowest BCUT2D eigenvalue weighted by atomic mass is 9.97. The Bertz CT molecular complexity index is 975. The Labute approximate surface area is 187 Å². The average molecular weight is 437 g/mol. The van der Waals surface area contributed by atoms with Gasteiger partial charge in [-0.2, -0.15) is 0 Å². The minimum absolute atomic E-state index is 0.0199. The lowest BCUT2D eigenvalue weighted by Gasteiger charge is -2.32. The van der Waals surface area contributed by atoms with Crippen molar-refractivity contribution in [3.63, 3.8) is 0 Å². The SMILES string of the molecule is CC(CNC(=O)OCC1c2ccccc2-c2ccccc21)C(=O)N1CCC[C@H](C(=O)O)C1. The van der Waals surface area contributed by atoms with Gasteiger partial charge in [0.2, 0.25) is 5.91 Å². The molecule has 32 heavy (non-hydrogen) atoms. The molecule has 7 nitrogen and oxygen atoms in total. The Hall–Kier alpha value is -3.35. The molecular formula is C25H28N2O5. The molecule has 168 valence electrons. The van der Waals surface area contributed by atoms with Crippen molar-refractivity contribution in [3.05, 3.63) is 59.7 Å². The molecule has 0 radical (unpaired) electrons. The molecule has 2 aromatic rings. The van der Waals surface area contributed by atoms with Gasteiger partial charge in [-0.05, 0) is 35.1 Å². The number of aliphatic carboxylic acids is 1. The molecule has 4 rings (SSSR count). The van der Waals surface area contributed by atoms with E-state index >= 15 is 0 Å². The van der Waals surface area contributed by atoms with Crippen molar-refractivity contribution in [2.24, 2.45) is 11.8 Å². The molecular weight excluding hydrogens is 408 g/mol. The number of amides is 2. The number of ether oxygens (including phenoxy) is 1. The maximum atomic E-state index is 12.7. The lowest BCUT2D eigenvalue weighted by Crippen LogP contribution is -2.46. The highest BCUT2D eigenvalue weighted by molar-refractivity contribution is 5.81. The number of hydrogen-bond acceptors (Lipinski definition) is 4. The number of hydrogen-bond donors (Lipinski definition) is 2. The van der Waals surface area contributed by atoms with Crippen LogP contribution in [0.15, 0.2) is 48.5 Å². The first-order valence-corrected chi connectivity index (χ1v) is 11.1. The van der Waals surface area contributed by atoms with Crippen molar-refractivity contribution in [1.82, 2.24) is 10.2 Å². The molecule has 2 atom stereocenters. The van der Waals surface area contributed by atoms with Gasteiger partial charge in [-0.3, -0.25) is 9.59 Å². The Kier molecular flexibility index (Phi) is 6.44. The number of carboxylic acids is 1. The van der Waals surface area contributed by atoms with E-state index in [-0.39, 0.29) is 31.5 Å². The Morgan fingerprint density at radius 2 is 1.72 bits per heavy atom. The van der Waals surface area contributed by atoms with Gasteiger partial charge in [0, 0.05) is 25.6 Å². The minimum atomic E-state index is -0.869. The number of benzene rings is 2. The van der Waals surface area contributed by atoms with Gasteiger partial charge in [0.15, 0.2) is 0 Å². The number of piperidine rings is 1. The number of fused-ring (bicyclic) bond motifs is 3. The van der Waals surface area contributed by atoms with Crippen molar-refractivity contribution in [1.29, 1.82) is 0 Å². The van der Waals surface area contributed by atoms with Gasteiger partial charge in [-0.1, -0.05) is 55.5 Å². The molecule has 0 aromatic heterocycles. The van der Waals surface area contributed by atoms with Crippen LogP contribution in [0.1, 0.15) is 36.8 Å². The minimum Gasteiger partial charge on any atom is -0.481 e. The fourth-order valence-corrected chi connectivity index (χ4v) is 4.66. The quantitative estimate of drug-likeness (QED) is 0.723. The summed E-state index contributed by atoms with van der Waals surface area (Å²) in [7, 11) is 0. The molecule has 2 aromatic carbocycles. The molecule has 0 bridgehead atoms. The number of carbonyl (C=O) groups excluding carboxylic acids is 2. The third-order valence-electron chi connectivity index (χ3n) is 6.40. The number of nitrogens with zero attached hydrogens (tertiary/aromatic N) is 1. The second-order valence-corrected chi connectivity index (χ2v) is 8.57. The highest BCUT2D eigenvalue weighted by Gasteiger charge is 2.31. The predicted octanol–water partition coefficient (Wildman–Crippen LogP) is 3.48. The predicted molar refractivity (Wildman–Crippen MR) is 119 cm³/mol. The molecule has 1 aliphatic carbocycles. The summed E-state index contributed by atoms with van der Waals surface area (Å²) < 4.78 is 5.51. The normalized spacial score (nSPS) is 18.4. The second-order valence-electron chi connectivity index (χ2n) is 8.57. The van der Waals surface area contributed by atoms with Crippen LogP contribution in [0.4, 0.5) is 4.79 Å². The third kappa shape index (κ3) is 4.47. The van der Waals surface area contributed by atoms with Gasteiger partial charge in [0.1, 0.15) is 6.61 Å². The second kappa shape index (κ2) is 9.42. The lowest BCUT2D eigenvalue weighted by molar-refractivity contribution is -0.146.